The van der Waals surface area contributed by atoms with E-state index in [4.69, 9.17) is 17.3 Å². The van der Waals surface area contributed by atoms with Crippen molar-refractivity contribution in [3.8, 4) is 0 Å². The Labute approximate surface area is 125 Å². The third-order valence-corrected chi connectivity index (χ3v) is 4.38. The first-order valence-corrected chi connectivity index (χ1v) is 7.21. The fourth-order valence-electron chi connectivity index (χ4n) is 1.81. The number of benzene rings is 1. The van der Waals surface area contributed by atoms with Crippen molar-refractivity contribution in [2.75, 3.05) is 0 Å². The van der Waals surface area contributed by atoms with E-state index in [0.29, 0.717) is 10.7 Å². The van der Waals surface area contributed by atoms with E-state index in [1.165, 1.54) is 18.1 Å². The summed E-state index contributed by atoms with van der Waals surface area (Å²) >= 11 is 7.78. The molecule has 5 nitrogen and oxygen atoms in total. The molecule has 102 valence electrons. The molecule has 0 aliphatic heterocycles. The van der Waals surface area contributed by atoms with Crippen molar-refractivity contribution >= 4 is 34.5 Å². The molecule has 0 fully saturated rings. The number of rotatable bonds is 3. The van der Waals surface area contributed by atoms with Crippen LogP contribution in [0.5, 0.6) is 0 Å². The first-order valence-electron chi connectivity index (χ1n) is 6.02. The van der Waals surface area contributed by atoms with Crippen molar-refractivity contribution in [2.24, 2.45) is 5.73 Å². The summed E-state index contributed by atoms with van der Waals surface area (Å²) in [6, 6.07) is 5.78. The standard InChI is InChI=1S/C13H12ClN5S/c1-7(15)8-2-3-10(9(14)4-8)20-13-11-12(17-5-16-11)18-6-19-13/h2-7H,15H2,1H3,(H,16,17,18,19). The molecule has 0 aliphatic carbocycles. The Hall–Kier alpha value is -1.63. The van der Waals surface area contributed by atoms with Crippen LogP contribution in [0, 0.1) is 0 Å². The lowest BCUT2D eigenvalue weighted by atomic mass is 10.1. The number of nitrogens with zero attached hydrogens (tertiary/aromatic N) is 3. The van der Waals surface area contributed by atoms with Crippen LogP contribution in [0.15, 0.2) is 40.8 Å². The number of aromatic nitrogens is 4. The quantitative estimate of drug-likeness (QED) is 0.726. The zero-order chi connectivity index (χ0) is 14.1. The molecule has 3 aromatic rings. The van der Waals surface area contributed by atoms with E-state index in [1.54, 1.807) is 6.33 Å². The highest BCUT2D eigenvalue weighted by Gasteiger charge is 2.11. The fraction of sp³-hybridized carbons (Fsp3) is 0.154. The Morgan fingerprint density at radius 2 is 2.15 bits per heavy atom. The molecule has 20 heavy (non-hydrogen) atoms. The zero-order valence-corrected chi connectivity index (χ0v) is 12.2. The smallest absolute Gasteiger partial charge is 0.181 e. The SMILES string of the molecule is CC(N)c1ccc(Sc2ncnc3nc[nH]c23)c(Cl)c1. The predicted molar refractivity (Wildman–Crippen MR) is 79.9 cm³/mol. The first-order chi connectivity index (χ1) is 9.65. The number of nitrogens with one attached hydrogen (secondary N) is 1. The maximum atomic E-state index is 6.30. The van der Waals surface area contributed by atoms with Gasteiger partial charge in [-0.05, 0) is 24.6 Å². The molecule has 2 heterocycles. The third-order valence-electron chi connectivity index (χ3n) is 2.88. The van der Waals surface area contributed by atoms with Crippen molar-refractivity contribution in [1.29, 1.82) is 0 Å². The Balaban J connectivity index is 1.97. The van der Waals surface area contributed by atoms with E-state index in [2.05, 4.69) is 19.9 Å². The zero-order valence-electron chi connectivity index (χ0n) is 10.7. The van der Waals surface area contributed by atoms with Crippen LogP contribution in [0.4, 0.5) is 0 Å². The van der Waals surface area contributed by atoms with Gasteiger partial charge in [-0.25, -0.2) is 15.0 Å². The van der Waals surface area contributed by atoms with Crippen LogP contribution in [0.25, 0.3) is 11.2 Å². The predicted octanol–water partition coefficient (Wildman–Crippen LogP) is 3.18. The summed E-state index contributed by atoms with van der Waals surface area (Å²) in [5.41, 5.74) is 8.31. The van der Waals surface area contributed by atoms with E-state index in [1.807, 2.05) is 25.1 Å². The number of hydrogen-bond acceptors (Lipinski definition) is 5. The minimum Gasteiger partial charge on any atom is -0.341 e. The summed E-state index contributed by atoms with van der Waals surface area (Å²) in [5.74, 6) is 0. The highest BCUT2D eigenvalue weighted by molar-refractivity contribution is 7.99. The molecule has 0 saturated heterocycles. The molecular formula is C13H12ClN5S. The summed E-state index contributed by atoms with van der Waals surface area (Å²) < 4.78 is 0. The van der Waals surface area contributed by atoms with Gasteiger partial charge in [0.15, 0.2) is 5.65 Å². The van der Waals surface area contributed by atoms with Gasteiger partial charge in [-0.3, -0.25) is 0 Å². The van der Waals surface area contributed by atoms with Crippen LogP contribution in [-0.4, -0.2) is 19.9 Å². The minimum absolute atomic E-state index is 0.0371. The van der Waals surface area contributed by atoms with Crippen LogP contribution < -0.4 is 5.73 Å². The summed E-state index contributed by atoms with van der Waals surface area (Å²) in [7, 11) is 0. The van der Waals surface area contributed by atoms with Crippen LogP contribution in [0.3, 0.4) is 0 Å². The van der Waals surface area contributed by atoms with Crippen molar-refractivity contribution < 1.29 is 0 Å². The molecule has 2 aromatic heterocycles. The van der Waals surface area contributed by atoms with Crippen molar-refractivity contribution in [1.82, 2.24) is 19.9 Å². The molecule has 7 heteroatoms. The molecule has 0 amide bonds. The van der Waals surface area contributed by atoms with Gasteiger partial charge in [-0.2, -0.15) is 0 Å². The maximum absolute atomic E-state index is 6.30. The lowest BCUT2D eigenvalue weighted by molar-refractivity contribution is 0.817. The van der Waals surface area contributed by atoms with Gasteiger partial charge in [0.05, 0.1) is 11.3 Å². The van der Waals surface area contributed by atoms with Crippen LogP contribution >= 0.6 is 23.4 Å². The van der Waals surface area contributed by atoms with Crippen molar-refractivity contribution in [2.45, 2.75) is 22.9 Å². The summed E-state index contributed by atoms with van der Waals surface area (Å²) in [4.78, 5) is 16.4. The Morgan fingerprint density at radius 1 is 1.30 bits per heavy atom. The van der Waals surface area contributed by atoms with Crippen molar-refractivity contribution in [3.63, 3.8) is 0 Å². The normalized spacial score (nSPS) is 12.8. The second kappa shape index (κ2) is 5.40. The molecule has 3 N–H and O–H groups in total. The average Bonchev–Trinajstić information content (AvgIpc) is 2.90. The number of halogens is 1. The van der Waals surface area contributed by atoms with E-state index in [9.17, 15) is 0 Å². The molecule has 0 aliphatic rings. The molecule has 3 rings (SSSR count). The number of imidazole rings is 1. The number of hydrogen-bond donors (Lipinski definition) is 2. The lowest BCUT2D eigenvalue weighted by Gasteiger charge is -2.09. The largest absolute Gasteiger partial charge is 0.341 e. The summed E-state index contributed by atoms with van der Waals surface area (Å²) in [6.45, 7) is 1.93. The molecule has 0 bridgehead atoms. The van der Waals surface area contributed by atoms with Gasteiger partial charge in [0.2, 0.25) is 0 Å². The molecule has 0 saturated carbocycles. The fourth-order valence-corrected chi connectivity index (χ4v) is 2.97. The van der Waals surface area contributed by atoms with Gasteiger partial charge < -0.3 is 10.7 Å². The number of nitrogens with two attached hydrogens (primary N) is 1. The highest BCUT2D eigenvalue weighted by atomic mass is 35.5. The van der Waals surface area contributed by atoms with Gasteiger partial charge in [0.1, 0.15) is 16.9 Å². The van der Waals surface area contributed by atoms with Gasteiger partial charge in [-0.15, -0.1) is 0 Å². The first kappa shape index (κ1) is 13.4. The van der Waals surface area contributed by atoms with Crippen molar-refractivity contribution in [3.05, 3.63) is 41.4 Å². The average molecular weight is 306 g/mol. The molecule has 1 atom stereocenters. The van der Waals surface area contributed by atoms with Crippen LogP contribution in [-0.2, 0) is 0 Å². The Kier molecular flexibility index (Phi) is 3.60. The van der Waals surface area contributed by atoms with E-state index in [0.717, 1.165) is 21.0 Å². The molecule has 0 spiro atoms. The third kappa shape index (κ3) is 2.49. The van der Waals surface area contributed by atoms with Gasteiger partial charge in [0, 0.05) is 10.9 Å². The molecular weight excluding hydrogens is 294 g/mol. The van der Waals surface area contributed by atoms with Crippen LogP contribution in [0.1, 0.15) is 18.5 Å². The number of H-pyrrole nitrogens is 1. The monoisotopic (exact) mass is 305 g/mol. The van der Waals surface area contributed by atoms with E-state index >= 15 is 0 Å². The van der Waals surface area contributed by atoms with Gasteiger partial charge in [-0.1, -0.05) is 29.4 Å². The maximum Gasteiger partial charge on any atom is 0.181 e. The second-order valence-electron chi connectivity index (χ2n) is 4.36. The number of aromatic amines is 1. The Bertz CT molecular complexity index is 755. The highest BCUT2D eigenvalue weighted by Crippen LogP contribution is 2.35. The van der Waals surface area contributed by atoms with Gasteiger partial charge in [0.25, 0.3) is 0 Å². The Morgan fingerprint density at radius 3 is 2.90 bits per heavy atom. The second-order valence-corrected chi connectivity index (χ2v) is 5.80. The molecule has 1 unspecified atom stereocenters. The van der Waals surface area contributed by atoms with Gasteiger partial charge >= 0.3 is 0 Å². The van der Waals surface area contributed by atoms with Crippen LogP contribution in [0.2, 0.25) is 5.02 Å². The minimum atomic E-state index is -0.0371. The molecule has 1 aromatic carbocycles. The molecule has 0 radical (unpaired) electrons. The summed E-state index contributed by atoms with van der Waals surface area (Å²) in [5, 5.41) is 1.46. The topological polar surface area (TPSA) is 80.5 Å². The lowest BCUT2D eigenvalue weighted by Crippen LogP contribution is -2.04. The van der Waals surface area contributed by atoms with E-state index in [-0.39, 0.29) is 6.04 Å². The number of fused-ring (bicyclic) bond motifs is 1. The summed E-state index contributed by atoms with van der Waals surface area (Å²) in [6.07, 6.45) is 3.10. The van der Waals surface area contributed by atoms with E-state index < -0.39 is 0 Å².